The van der Waals surface area contributed by atoms with E-state index < -0.39 is 17.2 Å². The average Bonchev–Trinajstić information content (AvgIpc) is 2.71. The number of methoxy groups -OCH3 is 2. The van der Waals surface area contributed by atoms with E-state index in [1.54, 1.807) is 24.3 Å². The van der Waals surface area contributed by atoms with Gasteiger partial charge in [0.05, 0.1) is 24.7 Å². The molecule has 0 aromatic heterocycles. The summed E-state index contributed by atoms with van der Waals surface area (Å²) >= 11 is 0. The van der Waals surface area contributed by atoms with Crippen molar-refractivity contribution in [3.05, 3.63) is 63.7 Å². The third-order valence-corrected chi connectivity index (χ3v) is 3.35. The highest BCUT2D eigenvalue weighted by Gasteiger charge is 2.13. The first kappa shape index (κ1) is 23.0. The molecule has 0 aliphatic heterocycles. The lowest BCUT2D eigenvalue weighted by molar-refractivity contribution is -0.385. The van der Waals surface area contributed by atoms with Crippen LogP contribution in [-0.2, 0) is 22.7 Å². The van der Waals surface area contributed by atoms with Crippen LogP contribution >= 0.6 is 0 Å². The summed E-state index contributed by atoms with van der Waals surface area (Å²) in [6.07, 6.45) is -2.76. The van der Waals surface area contributed by atoms with E-state index in [4.69, 9.17) is 19.7 Å². The quantitative estimate of drug-likeness (QED) is 0.393. The van der Waals surface area contributed by atoms with Crippen molar-refractivity contribution in [2.24, 2.45) is 0 Å². The van der Waals surface area contributed by atoms with Crippen molar-refractivity contribution >= 4 is 18.0 Å². The minimum absolute atomic E-state index is 0.00428. The summed E-state index contributed by atoms with van der Waals surface area (Å²) in [5, 5.41) is 27.0. The molecule has 0 spiro atoms. The number of benzene rings is 2. The van der Waals surface area contributed by atoms with Crippen LogP contribution in [0.4, 0.5) is 15.3 Å². The SMILES string of the molecule is COc1ccc(COC(=O)O)cc1OC.O=C(O)OCc1ccccc1[N+](=O)[O-]. The van der Waals surface area contributed by atoms with Gasteiger partial charge in [-0.3, -0.25) is 10.1 Å². The summed E-state index contributed by atoms with van der Waals surface area (Å²) in [6, 6.07) is 10.9. The molecule has 2 aromatic rings. The molecule has 0 aliphatic rings. The molecule has 0 bridgehead atoms. The van der Waals surface area contributed by atoms with Crippen LogP contribution in [0.15, 0.2) is 42.5 Å². The summed E-state index contributed by atoms with van der Waals surface area (Å²) in [5.41, 5.74) is 0.795. The molecule has 156 valence electrons. The number of carbonyl (C=O) groups is 2. The molecule has 2 rings (SSSR count). The van der Waals surface area contributed by atoms with Crippen molar-refractivity contribution in [1.29, 1.82) is 0 Å². The second-order valence-corrected chi connectivity index (χ2v) is 5.18. The van der Waals surface area contributed by atoms with Gasteiger partial charge in [0.1, 0.15) is 13.2 Å². The van der Waals surface area contributed by atoms with Gasteiger partial charge in [0.15, 0.2) is 11.5 Å². The first-order valence-corrected chi connectivity index (χ1v) is 7.93. The van der Waals surface area contributed by atoms with Gasteiger partial charge in [0.25, 0.3) is 5.69 Å². The summed E-state index contributed by atoms with van der Waals surface area (Å²) in [7, 11) is 3.05. The molecule has 0 radical (unpaired) electrons. The Hall–Kier alpha value is -4.02. The molecule has 0 aliphatic carbocycles. The molecular formula is C18H19NO10. The zero-order valence-corrected chi connectivity index (χ0v) is 15.6. The molecule has 0 unspecified atom stereocenters. The maximum atomic E-state index is 10.5. The Morgan fingerprint density at radius 3 is 2.07 bits per heavy atom. The van der Waals surface area contributed by atoms with E-state index in [-0.39, 0.29) is 24.5 Å². The first-order chi connectivity index (χ1) is 13.8. The number of rotatable bonds is 7. The van der Waals surface area contributed by atoms with Crippen LogP contribution < -0.4 is 9.47 Å². The largest absolute Gasteiger partial charge is 0.506 e. The number of hydrogen-bond acceptors (Lipinski definition) is 8. The molecule has 0 amide bonds. The number of nitro groups is 1. The molecule has 2 N–H and O–H groups in total. The predicted molar refractivity (Wildman–Crippen MR) is 98.3 cm³/mol. The third kappa shape index (κ3) is 8.03. The van der Waals surface area contributed by atoms with Crippen molar-refractivity contribution in [1.82, 2.24) is 0 Å². The van der Waals surface area contributed by atoms with Gasteiger partial charge in [-0.15, -0.1) is 0 Å². The van der Waals surface area contributed by atoms with Gasteiger partial charge in [-0.25, -0.2) is 9.59 Å². The molecule has 0 atom stereocenters. The van der Waals surface area contributed by atoms with Crippen LogP contribution in [-0.4, -0.2) is 41.7 Å². The van der Waals surface area contributed by atoms with Gasteiger partial charge in [-0.05, 0) is 23.8 Å². The zero-order valence-electron chi connectivity index (χ0n) is 15.6. The Morgan fingerprint density at radius 1 is 0.931 bits per heavy atom. The summed E-state index contributed by atoms with van der Waals surface area (Å²) in [4.78, 5) is 30.1. The molecular weight excluding hydrogens is 390 g/mol. The van der Waals surface area contributed by atoms with E-state index in [1.807, 2.05) is 0 Å². The van der Waals surface area contributed by atoms with Crippen molar-refractivity contribution in [3.8, 4) is 11.5 Å². The standard InChI is InChI=1S/C10H12O5.C8H7NO5/c1-13-8-4-3-7(5-9(8)14-2)6-15-10(11)12;10-8(11)14-5-6-3-1-2-4-7(6)9(12)13/h3-5H,6H2,1-2H3,(H,11,12);1-4H,5H2,(H,10,11). The number of para-hydroxylation sites is 1. The second-order valence-electron chi connectivity index (χ2n) is 5.18. The minimum atomic E-state index is -1.46. The highest BCUT2D eigenvalue weighted by atomic mass is 16.7. The van der Waals surface area contributed by atoms with Gasteiger partial charge in [-0.2, -0.15) is 0 Å². The van der Waals surface area contributed by atoms with Crippen LogP contribution in [0.1, 0.15) is 11.1 Å². The van der Waals surface area contributed by atoms with E-state index in [1.165, 1.54) is 32.4 Å². The molecule has 2 aromatic carbocycles. The molecule has 0 saturated heterocycles. The maximum Gasteiger partial charge on any atom is 0.506 e. The van der Waals surface area contributed by atoms with Crippen molar-refractivity contribution in [3.63, 3.8) is 0 Å². The fraction of sp³-hybridized carbons (Fsp3) is 0.222. The molecule has 0 saturated carbocycles. The number of carboxylic acid groups (broad SMARTS) is 2. The number of nitrogens with zero attached hydrogens (tertiary/aromatic N) is 1. The van der Waals surface area contributed by atoms with Gasteiger partial charge in [-0.1, -0.05) is 18.2 Å². The predicted octanol–water partition coefficient (Wildman–Crippen LogP) is 3.69. The fourth-order valence-electron chi connectivity index (χ4n) is 2.07. The van der Waals surface area contributed by atoms with Gasteiger partial charge in [0, 0.05) is 6.07 Å². The van der Waals surface area contributed by atoms with E-state index in [2.05, 4.69) is 9.47 Å². The lowest BCUT2D eigenvalue weighted by Gasteiger charge is -2.08. The zero-order chi connectivity index (χ0) is 21.8. The van der Waals surface area contributed by atoms with Crippen LogP contribution in [0.5, 0.6) is 11.5 Å². The second kappa shape index (κ2) is 11.6. The molecule has 0 fully saturated rings. The van der Waals surface area contributed by atoms with Crippen LogP contribution in [0.2, 0.25) is 0 Å². The van der Waals surface area contributed by atoms with E-state index >= 15 is 0 Å². The normalized spacial score (nSPS) is 9.45. The fourth-order valence-corrected chi connectivity index (χ4v) is 2.07. The highest BCUT2D eigenvalue weighted by Crippen LogP contribution is 2.27. The summed E-state index contributed by atoms with van der Waals surface area (Å²) < 4.78 is 18.7. The Bertz CT molecular complexity index is 852. The van der Waals surface area contributed by atoms with Crippen LogP contribution in [0, 0.1) is 10.1 Å². The minimum Gasteiger partial charge on any atom is -0.493 e. The number of ether oxygens (including phenoxy) is 4. The Labute approximate surface area is 165 Å². The highest BCUT2D eigenvalue weighted by molar-refractivity contribution is 5.57. The maximum absolute atomic E-state index is 10.5. The van der Waals surface area contributed by atoms with Crippen molar-refractivity contribution < 1.29 is 43.7 Å². The van der Waals surface area contributed by atoms with E-state index in [0.717, 1.165) is 0 Å². The average molecular weight is 409 g/mol. The van der Waals surface area contributed by atoms with Crippen LogP contribution in [0.25, 0.3) is 0 Å². The van der Waals surface area contributed by atoms with Gasteiger partial charge < -0.3 is 29.2 Å². The van der Waals surface area contributed by atoms with Crippen molar-refractivity contribution in [2.75, 3.05) is 14.2 Å². The Kier molecular flexibility index (Phi) is 9.24. The van der Waals surface area contributed by atoms with Gasteiger partial charge >= 0.3 is 12.3 Å². The molecule has 0 heterocycles. The monoisotopic (exact) mass is 409 g/mol. The summed E-state index contributed by atoms with van der Waals surface area (Å²) in [6.45, 7) is -0.317. The molecule has 11 nitrogen and oxygen atoms in total. The van der Waals surface area contributed by atoms with E-state index in [9.17, 15) is 19.7 Å². The molecule has 29 heavy (non-hydrogen) atoms. The number of nitro benzene ring substituents is 1. The Morgan fingerprint density at radius 2 is 1.52 bits per heavy atom. The smallest absolute Gasteiger partial charge is 0.493 e. The molecule has 11 heteroatoms. The lowest BCUT2D eigenvalue weighted by atomic mass is 10.2. The van der Waals surface area contributed by atoms with E-state index in [0.29, 0.717) is 17.1 Å². The lowest BCUT2D eigenvalue weighted by Crippen LogP contribution is -2.02. The third-order valence-electron chi connectivity index (χ3n) is 3.35. The number of hydrogen-bond donors (Lipinski definition) is 2. The summed E-state index contributed by atoms with van der Waals surface area (Å²) in [5.74, 6) is 1.14. The van der Waals surface area contributed by atoms with Crippen molar-refractivity contribution in [2.45, 2.75) is 13.2 Å². The van der Waals surface area contributed by atoms with Crippen LogP contribution in [0.3, 0.4) is 0 Å². The van der Waals surface area contributed by atoms with Gasteiger partial charge in [0.2, 0.25) is 0 Å². The first-order valence-electron chi connectivity index (χ1n) is 7.93. The Balaban J connectivity index is 0.000000291. The topological polar surface area (TPSA) is 155 Å².